The van der Waals surface area contributed by atoms with Gasteiger partial charge in [-0.3, -0.25) is 9.89 Å². The van der Waals surface area contributed by atoms with E-state index < -0.39 is 0 Å². The number of nitrogens with one attached hydrogen (secondary N) is 2. The van der Waals surface area contributed by atoms with E-state index in [1.54, 1.807) is 11.3 Å². The molecule has 0 bridgehead atoms. The third kappa shape index (κ3) is 8.23. The Bertz CT molecular complexity index is 495. The number of rotatable bonds is 7. The van der Waals surface area contributed by atoms with E-state index in [2.05, 4.69) is 58.8 Å². The molecule has 0 aromatic carbocycles. The lowest BCUT2D eigenvalue weighted by Crippen LogP contribution is -2.50. The van der Waals surface area contributed by atoms with Gasteiger partial charge in [0.15, 0.2) is 5.96 Å². The molecule has 1 saturated heterocycles. The zero-order chi connectivity index (χ0) is 17.4. The number of aliphatic imine (C=N–C) groups is 1. The standard InChI is InChI=1S/C18H32N4OS.HI/c1-14(2)12-22-7-8-23-16(13-22)11-21-18(19-4)20-10-15(3)17-6-5-9-24-17;/h5-6,9,14-16H,7-8,10-13H2,1-4H3,(H2,19,20,21);1H. The van der Waals surface area contributed by atoms with E-state index >= 15 is 0 Å². The van der Waals surface area contributed by atoms with E-state index in [-0.39, 0.29) is 30.1 Å². The summed E-state index contributed by atoms with van der Waals surface area (Å²) in [5.74, 6) is 2.03. The van der Waals surface area contributed by atoms with Crippen LogP contribution in [0.15, 0.2) is 22.5 Å². The lowest BCUT2D eigenvalue weighted by molar-refractivity contribution is -0.0284. The largest absolute Gasteiger partial charge is 0.374 e. The van der Waals surface area contributed by atoms with Crippen molar-refractivity contribution in [2.24, 2.45) is 10.9 Å². The molecular weight excluding hydrogens is 447 g/mol. The molecular formula is C18H33IN4OS. The molecule has 1 aromatic rings. The molecule has 1 aliphatic rings. The van der Waals surface area contributed by atoms with Crippen LogP contribution in [-0.2, 0) is 4.74 Å². The van der Waals surface area contributed by atoms with Crippen molar-refractivity contribution in [3.63, 3.8) is 0 Å². The summed E-state index contributed by atoms with van der Waals surface area (Å²) in [4.78, 5) is 8.22. The van der Waals surface area contributed by atoms with Crippen LogP contribution < -0.4 is 10.6 Å². The van der Waals surface area contributed by atoms with Crippen LogP contribution in [0.5, 0.6) is 0 Å². The van der Waals surface area contributed by atoms with E-state index in [0.717, 1.165) is 45.3 Å². The molecule has 2 rings (SSSR count). The molecule has 0 saturated carbocycles. The van der Waals surface area contributed by atoms with E-state index in [1.807, 2.05) is 7.05 Å². The van der Waals surface area contributed by atoms with Crippen LogP contribution in [0, 0.1) is 5.92 Å². The number of thiophene rings is 1. The van der Waals surface area contributed by atoms with Crippen molar-refractivity contribution >= 4 is 41.3 Å². The summed E-state index contributed by atoms with van der Waals surface area (Å²) in [6, 6.07) is 4.29. The first-order chi connectivity index (χ1) is 11.6. The van der Waals surface area contributed by atoms with Gasteiger partial charge in [-0.2, -0.15) is 0 Å². The third-order valence-corrected chi connectivity index (χ3v) is 5.28. The molecule has 7 heteroatoms. The van der Waals surface area contributed by atoms with Crippen LogP contribution in [0.4, 0.5) is 0 Å². The second kappa shape index (κ2) is 12.1. The predicted octanol–water partition coefficient (Wildman–Crippen LogP) is 2.99. The second-order valence-electron chi connectivity index (χ2n) is 6.90. The third-order valence-electron chi connectivity index (χ3n) is 4.17. The zero-order valence-electron chi connectivity index (χ0n) is 15.8. The summed E-state index contributed by atoms with van der Waals surface area (Å²) in [5.41, 5.74) is 0. The molecule has 1 fully saturated rings. The molecule has 0 amide bonds. The highest BCUT2D eigenvalue weighted by molar-refractivity contribution is 14.0. The molecule has 0 radical (unpaired) electrons. The van der Waals surface area contributed by atoms with Crippen LogP contribution in [0.2, 0.25) is 0 Å². The Kier molecular flexibility index (Phi) is 11.0. The number of hydrogen-bond donors (Lipinski definition) is 2. The molecule has 0 aliphatic carbocycles. The summed E-state index contributed by atoms with van der Waals surface area (Å²) in [7, 11) is 1.82. The van der Waals surface area contributed by atoms with E-state index in [4.69, 9.17) is 4.74 Å². The summed E-state index contributed by atoms with van der Waals surface area (Å²) >= 11 is 1.81. The number of hydrogen-bond acceptors (Lipinski definition) is 4. The molecule has 1 aromatic heterocycles. The summed E-state index contributed by atoms with van der Waals surface area (Å²) in [6.07, 6.45) is 0.228. The van der Waals surface area contributed by atoms with Gasteiger partial charge in [0, 0.05) is 50.6 Å². The van der Waals surface area contributed by atoms with Crippen LogP contribution in [-0.4, -0.2) is 63.3 Å². The Morgan fingerprint density at radius 1 is 1.40 bits per heavy atom. The minimum Gasteiger partial charge on any atom is -0.374 e. The number of ether oxygens (including phenoxy) is 1. The molecule has 5 nitrogen and oxygen atoms in total. The average molecular weight is 480 g/mol. The number of guanidine groups is 1. The molecule has 1 aliphatic heterocycles. The Hall–Kier alpha value is -0.380. The van der Waals surface area contributed by atoms with Gasteiger partial charge in [0.05, 0.1) is 12.7 Å². The van der Waals surface area contributed by atoms with E-state index in [0.29, 0.717) is 11.8 Å². The first kappa shape index (κ1) is 22.7. The van der Waals surface area contributed by atoms with Crippen LogP contribution in [0.3, 0.4) is 0 Å². The minimum atomic E-state index is 0. The van der Waals surface area contributed by atoms with Crippen LogP contribution in [0.25, 0.3) is 0 Å². The average Bonchev–Trinajstić information content (AvgIpc) is 3.09. The Labute approximate surface area is 173 Å². The van der Waals surface area contributed by atoms with Crippen molar-refractivity contribution < 1.29 is 4.74 Å². The van der Waals surface area contributed by atoms with E-state index in [9.17, 15) is 0 Å². The topological polar surface area (TPSA) is 48.9 Å². The Balaban J connectivity index is 0.00000312. The van der Waals surface area contributed by atoms with Crippen LogP contribution in [0.1, 0.15) is 31.6 Å². The highest BCUT2D eigenvalue weighted by Crippen LogP contribution is 2.19. The first-order valence-electron chi connectivity index (χ1n) is 8.90. The SMILES string of the molecule is CN=C(NCC1CN(CC(C)C)CCO1)NCC(C)c1cccs1.I. The molecule has 2 N–H and O–H groups in total. The lowest BCUT2D eigenvalue weighted by atomic mass is 10.1. The fourth-order valence-corrected chi connectivity index (χ4v) is 3.73. The maximum absolute atomic E-state index is 5.88. The highest BCUT2D eigenvalue weighted by Gasteiger charge is 2.21. The van der Waals surface area contributed by atoms with Crippen molar-refractivity contribution in [2.75, 3.05) is 46.4 Å². The quantitative estimate of drug-likeness (QED) is 0.358. The van der Waals surface area contributed by atoms with Gasteiger partial charge in [0.25, 0.3) is 0 Å². The first-order valence-corrected chi connectivity index (χ1v) is 9.78. The molecule has 0 spiro atoms. The van der Waals surface area contributed by atoms with Crippen LogP contribution >= 0.6 is 35.3 Å². The van der Waals surface area contributed by atoms with Gasteiger partial charge in [-0.1, -0.05) is 26.8 Å². The summed E-state index contributed by atoms with van der Waals surface area (Å²) < 4.78 is 5.88. The van der Waals surface area contributed by atoms with Crippen molar-refractivity contribution in [3.05, 3.63) is 22.4 Å². The normalized spacial score (nSPS) is 20.2. The second-order valence-corrected chi connectivity index (χ2v) is 7.88. The van der Waals surface area contributed by atoms with E-state index in [1.165, 1.54) is 4.88 Å². The fourth-order valence-electron chi connectivity index (χ4n) is 2.94. The zero-order valence-corrected chi connectivity index (χ0v) is 19.0. The highest BCUT2D eigenvalue weighted by atomic mass is 127. The number of nitrogens with zero attached hydrogens (tertiary/aromatic N) is 2. The van der Waals surface area contributed by atoms with Gasteiger partial charge < -0.3 is 15.4 Å². The molecule has 2 heterocycles. The fraction of sp³-hybridized carbons (Fsp3) is 0.722. The monoisotopic (exact) mass is 480 g/mol. The Morgan fingerprint density at radius 2 is 2.20 bits per heavy atom. The van der Waals surface area contributed by atoms with Crippen molar-refractivity contribution in [1.82, 2.24) is 15.5 Å². The van der Waals surface area contributed by atoms with Crippen molar-refractivity contribution in [2.45, 2.75) is 32.8 Å². The molecule has 144 valence electrons. The maximum Gasteiger partial charge on any atom is 0.191 e. The molecule has 2 unspecified atom stereocenters. The lowest BCUT2D eigenvalue weighted by Gasteiger charge is -2.34. The maximum atomic E-state index is 5.88. The smallest absolute Gasteiger partial charge is 0.191 e. The molecule has 2 atom stereocenters. The van der Waals surface area contributed by atoms with Gasteiger partial charge in [-0.15, -0.1) is 35.3 Å². The summed E-state index contributed by atoms with van der Waals surface area (Å²) in [5, 5.41) is 8.95. The summed E-state index contributed by atoms with van der Waals surface area (Å²) in [6.45, 7) is 12.4. The minimum absolute atomic E-state index is 0. The van der Waals surface area contributed by atoms with Crippen molar-refractivity contribution in [1.29, 1.82) is 0 Å². The number of morpholine rings is 1. The van der Waals surface area contributed by atoms with Crippen molar-refractivity contribution in [3.8, 4) is 0 Å². The Morgan fingerprint density at radius 3 is 2.84 bits per heavy atom. The molecule has 25 heavy (non-hydrogen) atoms. The predicted molar refractivity (Wildman–Crippen MR) is 119 cm³/mol. The van der Waals surface area contributed by atoms with Gasteiger partial charge in [-0.25, -0.2) is 0 Å². The number of halogens is 1. The van der Waals surface area contributed by atoms with Gasteiger partial charge in [0.2, 0.25) is 0 Å². The van der Waals surface area contributed by atoms with Gasteiger partial charge in [-0.05, 0) is 17.4 Å². The van der Waals surface area contributed by atoms with Gasteiger partial charge >= 0.3 is 0 Å². The van der Waals surface area contributed by atoms with Gasteiger partial charge in [0.1, 0.15) is 0 Å².